The molecule has 0 bridgehead atoms. The largest absolute Gasteiger partial charge is 0.485 e. The molecular formula is C21H24N2O4S. The van der Waals surface area contributed by atoms with Crippen molar-refractivity contribution in [1.82, 2.24) is 5.32 Å². The van der Waals surface area contributed by atoms with Crippen molar-refractivity contribution < 1.29 is 19.1 Å². The Bertz CT molecular complexity index is 893. The average Bonchev–Trinajstić information content (AvgIpc) is 3.09. The fraction of sp³-hybridized carbons (Fsp3) is 0.429. The third kappa shape index (κ3) is 3.71. The van der Waals surface area contributed by atoms with Crippen LogP contribution in [0.25, 0.3) is 0 Å². The number of hydrogen-bond donors (Lipinski definition) is 2. The quantitative estimate of drug-likeness (QED) is 0.805. The predicted molar refractivity (Wildman–Crippen MR) is 109 cm³/mol. The fourth-order valence-electron chi connectivity index (χ4n) is 3.56. The minimum atomic E-state index is -0.749. The smallest absolute Gasteiger partial charge is 0.269 e. The first-order valence-electron chi connectivity index (χ1n) is 9.79. The molecule has 2 aromatic rings. The van der Waals surface area contributed by atoms with Crippen LogP contribution >= 0.6 is 11.3 Å². The molecule has 2 heterocycles. The zero-order valence-corrected chi connectivity index (χ0v) is 16.7. The molecule has 1 aliphatic carbocycles. The van der Waals surface area contributed by atoms with Gasteiger partial charge in [-0.2, -0.15) is 0 Å². The van der Waals surface area contributed by atoms with Crippen LogP contribution in [0.5, 0.6) is 11.5 Å². The topological polar surface area (TPSA) is 76.7 Å². The van der Waals surface area contributed by atoms with Gasteiger partial charge in [-0.05, 0) is 49.8 Å². The second kappa shape index (κ2) is 8.22. The minimum absolute atomic E-state index is 0.109. The molecule has 1 aromatic carbocycles. The van der Waals surface area contributed by atoms with Crippen LogP contribution in [0, 0.1) is 0 Å². The molecule has 1 aromatic heterocycles. The summed E-state index contributed by atoms with van der Waals surface area (Å²) in [6, 6.07) is 7.29. The summed E-state index contributed by atoms with van der Waals surface area (Å²) < 4.78 is 11.4. The van der Waals surface area contributed by atoms with Crippen LogP contribution in [-0.2, 0) is 17.6 Å². The number of fused-ring (bicyclic) bond motifs is 2. The number of carbonyl (C=O) groups is 2. The molecule has 2 N–H and O–H groups in total. The molecule has 0 unspecified atom stereocenters. The molecule has 0 fully saturated rings. The van der Waals surface area contributed by atoms with E-state index in [2.05, 4.69) is 10.6 Å². The van der Waals surface area contributed by atoms with Crippen LogP contribution in [-0.4, -0.2) is 31.1 Å². The standard InChI is InChI=1S/C21H24N2O4S/c1-2-11-22-20(25)18-13-7-3-6-10-17(13)28-21(18)23-19(24)16-12-26-14-8-4-5-9-15(14)27-16/h4-5,8-9,16H,2-3,6-7,10-12H2,1H3,(H,22,25)(H,23,24)/t16-/m1/s1. The molecule has 28 heavy (non-hydrogen) atoms. The van der Waals surface area contributed by atoms with Gasteiger partial charge < -0.3 is 20.1 Å². The number of rotatable bonds is 5. The Balaban J connectivity index is 1.55. The summed E-state index contributed by atoms with van der Waals surface area (Å²) in [4.78, 5) is 26.8. The van der Waals surface area contributed by atoms with Crippen molar-refractivity contribution >= 4 is 28.2 Å². The van der Waals surface area contributed by atoms with E-state index in [1.54, 1.807) is 6.07 Å². The second-order valence-electron chi connectivity index (χ2n) is 7.02. The Morgan fingerprint density at radius 3 is 2.79 bits per heavy atom. The SMILES string of the molecule is CCCNC(=O)c1c(NC(=O)[C@H]2COc3ccccc3O2)sc2c1CCCC2. The highest BCUT2D eigenvalue weighted by Crippen LogP contribution is 2.38. The minimum Gasteiger partial charge on any atom is -0.485 e. The summed E-state index contributed by atoms with van der Waals surface area (Å²) in [5.74, 6) is 0.790. The Labute approximate surface area is 168 Å². The Morgan fingerprint density at radius 2 is 1.96 bits per heavy atom. The lowest BCUT2D eigenvalue weighted by Gasteiger charge is -2.25. The number of anilines is 1. The molecule has 2 aliphatic rings. The highest BCUT2D eigenvalue weighted by Gasteiger charge is 2.31. The van der Waals surface area contributed by atoms with Crippen molar-refractivity contribution in [2.75, 3.05) is 18.5 Å². The van der Waals surface area contributed by atoms with Gasteiger partial charge in [-0.15, -0.1) is 11.3 Å². The van der Waals surface area contributed by atoms with E-state index in [-0.39, 0.29) is 18.4 Å². The van der Waals surface area contributed by atoms with Gasteiger partial charge in [0.15, 0.2) is 11.5 Å². The van der Waals surface area contributed by atoms with Gasteiger partial charge in [0.25, 0.3) is 11.8 Å². The van der Waals surface area contributed by atoms with Crippen LogP contribution in [0.1, 0.15) is 47.0 Å². The molecule has 7 heteroatoms. The van der Waals surface area contributed by atoms with Crippen molar-refractivity contribution in [1.29, 1.82) is 0 Å². The summed E-state index contributed by atoms with van der Waals surface area (Å²) in [6.07, 6.45) is 4.15. The number of ether oxygens (including phenoxy) is 2. The van der Waals surface area contributed by atoms with E-state index in [0.717, 1.165) is 37.7 Å². The lowest BCUT2D eigenvalue weighted by Crippen LogP contribution is -2.40. The maximum absolute atomic E-state index is 12.8. The van der Waals surface area contributed by atoms with E-state index in [9.17, 15) is 9.59 Å². The zero-order chi connectivity index (χ0) is 19.5. The number of para-hydroxylation sites is 2. The van der Waals surface area contributed by atoms with Crippen LogP contribution in [0.2, 0.25) is 0 Å². The van der Waals surface area contributed by atoms with E-state index in [4.69, 9.17) is 9.47 Å². The number of benzene rings is 1. The molecule has 2 amide bonds. The molecule has 1 aliphatic heterocycles. The van der Waals surface area contributed by atoms with E-state index in [1.165, 1.54) is 16.2 Å². The van der Waals surface area contributed by atoms with Gasteiger partial charge in [0.2, 0.25) is 6.10 Å². The molecule has 4 rings (SSSR count). The summed E-state index contributed by atoms with van der Waals surface area (Å²) in [7, 11) is 0. The molecule has 6 nitrogen and oxygen atoms in total. The van der Waals surface area contributed by atoms with Gasteiger partial charge in [0.05, 0.1) is 5.56 Å². The first kappa shape index (κ1) is 18.8. The number of hydrogen-bond acceptors (Lipinski definition) is 5. The van der Waals surface area contributed by atoms with Crippen molar-refractivity contribution in [3.63, 3.8) is 0 Å². The Hall–Kier alpha value is -2.54. The number of thiophene rings is 1. The lowest BCUT2D eigenvalue weighted by molar-refractivity contribution is -0.125. The summed E-state index contributed by atoms with van der Waals surface area (Å²) in [5.41, 5.74) is 1.71. The number of amides is 2. The van der Waals surface area contributed by atoms with Gasteiger partial charge in [-0.25, -0.2) is 0 Å². The normalized spacial score (nSPS) is 17.5. The third-order valence-corrected chi connectivity index (χ3v) is 6.18. The highest BCUT2D eigenvalue weighted by molar-refractivity contribution is 7.17. The summed E-state index contributed by atoms with van der Waals surface area (Å²) >= 11 is 1.51. The van der Waals surface area contributed by atoms with Gasteiger partial charge in [-0.3, -0.25) is 9.59 Å². The maximum Gasteiger partial charge on any atom is 0.269 e. The third-order valence-electron chi connectivity index (χ3n) is 4.97. The predicted octanol–water partition coefficient (Wildman–Crippen LogP) is 3.55. The maximum atomic E-state index is 12.8. The van der Waals surface area contributed by atoms with Gasteiger partial charge in [-0.1, -0.05) is 19.1 Å². The Morgan fingerprint density at radius 1 is 1.18 bits per heavy atom. The first-order valence-corrected chi connectivity index (χ1v) is 10.6. The van der Waals surface area contributed by atoms with E-state index < -0.39 is 6.10 Å². The van der Waals surface area contributed by atoms with Crippen LogP contribution in [0.3, 0.4) is 0 Å². The van der Waals surface area contributed by atoms with Gasteiger partial charge in [0, 0.05) is 11.4 Å². The molecule has 0 spiro atoms. The van der Waals surface area contributed by atoms with Gasteiger partial charge in [0.1, 0.15) is 11.6 Å². The van der Waals surface area contributed by atoms with Crippen LogP contribution in [0.15, 0.2) is 24.3 Å². The van der Waals surface area contributed by atoms with Gasteiger partial charge >= 0.3 is 0 Å². The van der Waals surface area contributed by atoms with E-state index in [0.29, 0.717) is 28.6 Å². The average molecular weight is 401 g/mol. The van der Waals surface area contributed by atoms with Crippen molar-refractivity contribution in [3.05, 3.63) is 40.3 Å². The molecule has 1 atom stereocenters. The molecular weight excluding hydrogens is 376 g/mol. The summed E-state index contributed by atoms with van der Waals surface area (Å²) in [5, 5.41) is 6.51. The Kier molecular flexibility index (Phi) is 5.52. The lowest BCUT2D eigenvalue weighted by atomic mass is 9.95. The van der Waals surface area contributed by atoms with E-state index >= 15 is 0 Å². The fourth-order valence-corrected chi connectivity index (χ4v) is 4.85. The molecule has 0 saturated carbocycles. The number of aryl methyl sites for hydroxylation is 1. The number of nitrogens with one attached hydrogen (secondary N) is 2. The number of carbonyl (C=O) groups excluding carboxylic acids is 2. The van der Waals surface area contributed by atoms with Crippen molar-refractivity contribution in [2.24, 2.45) is 0 Å². The zero-order valence-electron chi connectivity index (χ0n) is 15.9. The monoisotopic (exact) mass is 400 g/mol. The second-order valence-corrected chi connectivity index (χ2v) is 8.13. The van der Waals surface area contributed by atoms with Crippen LogP contribution < -0.4 is 20.1 Å². The van der Waals surface area contributed by atoms with Crippen LogP contribution in [0.4, 0.5) is 5.00 Å². The van der Waals surface area contributed by atoms with E-state index in [1.807, 2.05) is 25.1 Å². The van der Waals surface area contributed by atoms with Crippen molar-refractivity contribution in [2.45, 2.75) is 45.1 Å². The summed E-state index contributed by atoms with van der Waals surface area (Å²) in [6.45, 7) is 2.78. The highest BCUT2D eigenvalue weighted by atomic mass is 32.1. The molecule has 148 valence electrons. The molecule has 0 saturated heterocycles. The van der Waals surface area contributed by atoms with Crippen molar-refractivity contribution in [3.8, 4) is 11.5 Å². The first-order chi connectivity index (χ1) is 13.7. The molecule has 0 radical (unpaired) electrons.